The summed E-state index contributed by atoms with van der Waals surface area (Å²) in [4.78, 5) is 60.4. The van der Waals surface area contributed by atoms with Gasteiger partial charge in [0.15, 0.2) is 24.5 Å². The van der Waals surface area contributed by atoms with E-state index in [2.05, 4.69) is 30.9 Å². The Hall–Kier alpha value is -3.64. The maximum absolute atomic E-state index is 13.4. The molecule has 0 amide bonds. The highest BCUT2D eigenvalue weighted by Gasteiger charge is 2.50. The highest BCUT2D eigenvalue weighted by atomic mass is 35.5. The second kappa shape index (κ2) is 34.1. The van der Waals surface area contributed by atoms with E-state index in [4.69, 9.17) is 64.2 Å². The third-order valence-electron chi connectivity index (χ3n) is 15.5. The minimum absolute atomic E-state index is 0.0192. The van der Waals surface area contributed by atoms with Crippen molar-refractivity contribution >= 4 is 53.3 Å². The van der Waals surface area contributed by atoms with Crippen molar-refractivity contribution in [2.75, 3.05) is 66.5 Å². The number of methoxy groups -OCH3 is 4. The molecule has 5 N–H and O–H groups in total. The van der Waals surface area contributed by atoms with Gasteiger partial charge in [0.2, 0.25) is 0 Å². The lowest BCUT2D eigenvalue weighted by molar-refractivity contribution is -0.276. The Labute approximate surface area is 476 Å². The molecule has 5 rings (SSSR count). The largest absolute Gasteiger partial charge is 0.462 e. The van der Waals surface area contributed by atoms with Crippen LogP contribution in [0, 0.1) is 29.6 Å². The highest BCUT2D eigenvalue weighted by Crippen LogP contribution is 2.41. The van der Waals surface area contributed by atoms with Crippen LogP contribution in [0.5, 0.6) is 0 Å². The van der Waals surface area contributed by atoms with Crippen molar-refractivity contribution in [2.24, 2.45) is 29.6 Å². The molecule has 1 aromatic carbocycles. The fraction of sp³-hybridized carbons (Fsp3) is 0.776. The van der Waals surface area contributed by atoms with Crippen LogP contribution in [0.4, 0.5) is 11.4 Å². The lowest BCUT2D eigenvalue weighted by atomic mass is 9.72. The molecule has 0 aromatic heterocycles. The van der Waals surface area contributed by atoms with Crippen LogP contribution in [0.15, 0.2) is 24.3 Å². The minimum Gasteiger partial charge on any atom is -0.462 e. The fourth-order valence-corrected chi connectivity index (χ4v) is 10.2. The van der Waals surface area contributed by atoms with Gasteiger partial charge in [-0.3, -0.25) is 29.9 Å². The van der Waals surface area contributed by atoms with Crippen molar-refractivity contribution in [3.8, 4) is 0 Å². The Bertz CT molecular complexity index is 2060. The van der Waals surface area contributed by atoms with Gasteiger partial charge in [-0.15, -0.1) is 0 Å². The number of carbonyl (C=O) groups excluding carboxylic acids is 5. The van der Waals surface area contributed by atoms with Gasteiger partial charge in [-0.1, -0.05) is 66.6 Å². The second-order valence-corrected chi connectivity index (χ2v) is 22.6. The standard InChI is InChI=1S/C29H53NO8.C13H15ClN2O2.C13H24O6.C2H6.CH2O/c1-16-14-29(8,35-11)26(38-23-13-22(30(9)10)12-17(2)37-23)19(4)18(3)20(5)27(33)36-15-28(7,34)25(32)21(6)24(16)31;1-7(2)13(17)9-5-12(16-18)10(14)6-11(9)15-8-3-4-8;1-9-12(19-10(14)6-7-15-3)13(2,17-5)8-11(16-4)18-9;2*1-2/h16-23,25-26,32,34H,12-15H2,1-11H3;5-6,8,15-16,18H,1,3-4H2,2H3;9,11-12H,6-8H2,1-5H3;1-2H3;1H2/t16-,17?,18+,19+,20?,21?,22?,23?,25?,26-,28-,29-;;9?,11-,12+,13-;;/m1.1../s1. The van der Waals surface area contributed by atoms with E-state index in [0.29, 0.717) is 65.5 Å². The molecule has 3 aliphatic heterocycles. The quantitative estimate of drug-likeness (QED) is 0.0477. The number of anilines is 2. The summed E-state index contributed by atoms with van der Waals surface area (Å²) in [7, 11) is 10.4. The van der Waals surface area contributed by atoms with E-state index in [1.165, 1.54) is 13.0 Å². The first-order valence-corrected chi connectivity index (χ1v) is 27.9. The molecule has 4 fully saturated rings. The molecule has 4 aliphatic rings. The normalized spacial score (nSPS) is 34.2. The molecule has 79 heavy (non-hydrogen) atoms. The molecule has 21 heteroatoms. The number of nitrogens with one attached hydrogen (secondary N) is 2. The van der Waals surface area contributed by atoms with Crippen molar-refractivity contribution < 1.29 is 82.0 Å². The first kappa shape index (κ1) is 73.4. The zero-order chi connectivity index (χ0) is 60.9. The van der Waals surface area contributed by atoms with Gasteiger partial charge in [0.05, 0.1) is 59.7 Å². The van der Waals surface area contributed by atoms with Crippen LogP contribution >= 0.6 is 11.6 Å². The van der Waals surface area contributed by atoms with E-state index >= 15 is 0 Å². The third-order valence-corrected chi connectivity index (χ3v) is 15.9. The number of Topliss-reactive ketones (excluding diaryl/α,β-unsaturated/α-hetero) is 2. The Balaban J connectivity index is 0.000000634. The van der Waals surface area contributed by atoms with Crippen LogP contribution in [0.25, 0.3) is 0 Å². The van der Waals surface area contributed by atoms with E-state index in [1.54, 1.807) is 55.3 Å². The number of benzene rings is 1. The summed E-state index contributed by atoms with van der Waals surface area (Å²) in [5.41, 5.74) is 0.602. The second-order valence-electron chi connectivity index (χ2n) is 22.1. The number of cyclic esters (lactones) is 1. The van der Waals surface area contributed by atoms with Gasteiger partial charge < -0.3 is 67.9 Å². The number of nitrogens with zero attached hydrogens (tertiary/aromatic N) is 1. The first-order chi connectivity index (χ1) is 36.9. The van der Waals surface area contributed by atoms with E-state index in [9.17, 15) is 29.4 Å². The number of ether oxygens (including phenoxy) is 9. The van der Waals surface area contributed by atoms with Crippen LogP contribution in [0.3, 0.4) is 0 Å². The zero-order valence-corrected chi connectivity index (χ0v) is 51.7. The minimum atomic E-state index is -1.77. The predicted molar refractivity (Wildman–Crippen MR) is 303 cm³/mol. The Kier molecular flexibility index (Phi) is 31.7. The molecular formula is C58H100ClN3O17. The van der Waals surface area contributed by atoms with Crippen LogP contribution < -0.4 is 10.8 Å². The topological polar surface area (TPSA) is 256 Å². The molecule has 20 nitrogen and oxygen atoms in total. The van der Waals surface area contributed by atoms with Gasteiger partial charge in [-0.2, -0.15) is 0 Å². The van der Waals surface area contributed by atoms with Crippen molar-refractivity contribution in [3.63, 3.8) is 0 Å². The number of aliphatic hydroxyl groups is 2. The average molecular weight is 1150 g/mol. The molecule has 0 spiro atoms. The molecule has 1 aromatic rings. The van der Waals surface area contributed by atoms with Gasteiger partial charge in [-0.05, 0) is 111 Å². The molecule has 0 radical (unpaired) electrons. The smallest absolute Gasteiger partial charge is 0.309 e. The zero-order valence-electron chi connectivity index (χ0n) is 50.9. The summed E-state index contributed by atoms with van der Waals surface area (Å²) < 4.78 is 51.3. The van der Waals surface area contributed by atoms with E-state index in [1.807, 2.05) is 74.6 Å². The van der Waals surface area contributed by atoms with E-state index < -0.39 is 71.7 Å². The third kappa shape index (κ3) is 21.2. The molecule has 0 bridgehead atoms. The maximum Gasteiger partial charge on any atom is 0.309 e. The summed E-state index contributed by atoms with van der Waals surface area (Å²) in [6, 6.07) is 3.89. The molecule has 1 aliphatic carbocycles. The van der Waals surface area contributed by atoms with Crippen molar-refractivity contribution in [1.82, 2.24) is 4.90 Å². The van der Waals surface area contributed by atoms with Gasteiger partial charge in [0.25, 0.3) is 0 Å². The molecule has 7 unspecified atom stereocenters. The number of halogens is 1. The number of ketones is 2. The monoisotopic (exact) mass is 1150 g/mol. The summed E-state index contributed by atoms with van der Waals surface area (Å²) >= 11 is 5.99. The van der Waals surface area contributed by atoms with E-state index in [-0.39, 0.29) is 54.3 Å². The maximum atomic E-state index is 13.4. The van der Waals surface area contributed by atoms with Gasteiger partial charge in [0, 0.05) is 76.5 Å². The molecule has 456 valence electrons. The first-order valence-electron chi connectivity index (χ1n) is 27.5. The number of rotatable bonds is 15. The van der Waals surface area contributed by atoms with Crippen molar-refractivity contribution in [2.45, 2.75) is 207 Å². The lowest BCUT2D eigenvalue weighted by Crippen LogP contribution is -2.57. The number of aliphatic hydroxyl groups excluding tert-OH is 1. The molecule has 3 saturated heterocycles. The molecule has 16 atom stereocenters. The number of carbonyl (C=O) groups is 5. The SMILES string of the molecule is C=C(C)C(=O)c1cc(NO)c(Cl)cc1NC1CC1.C=O.CC.COCCC(=O)O[C@H]1C(C)O[C@@H](OC)C[C@@]1(C)OC.CO[C@]1(C)C[C@@H](C)C(=O)C(C)C(O)[C@](C)(O)COC(=O)C(C)[C@@H](C)[C@H](C)[C@H]1OC1CC(N(C)C)CC(C)O1. The number of hydrogen-bond acceptors (Lipinski definition) is 20. The summed E-state index contributed by atoms with van der Waals surface area (Å²) in [6.45, 7) is 29.6. The molecular weight excluding hydrogens is 1050 g/mol. The van der Waals surface area contributed by atoms with Crippen LogP contribution in [-0.4, -0.2) is 178 Å². The van der Waals surface area contributed by atoms with E-state index in [0.717, 1.165) is 19.3 Å². The van der Waals surface area contributed by atoms with Crippen LogP contribution in [-0.2, 0) is 61.8 Å². The fourth-order valence-electron chi connectivity index (χ4n) is 10.0. The van der Waals surface area contributed by atoms with Gasteiger partial charge >= 0.3 is 11.9 Å². The van der Waals surface area contributed by atoms with Crippen molar-refractivity contribution in [3.05, 3.63) is 34.9 Å². The predicted octanol–water partition coefficient (Wildman–Crippen LogP) is 8.48. The van der Waals surface area contributed by atoms with Gasteiger partial charge in [-0.25, -0.2) is 0 Å². The van der Waals surface area contributed by atoms with Crippen LogP contribution in [0.1, 0.15) is 145 Å². The van der Waals surface area contributed by atoms with Crippen molar-refractivity contribution in [1.29, 1.82) is 0 Å². The highest BCUT2D eigenvalue weighted by molar-refractivity contribution is 6.34. The number of esters is 2. The van der Waals surface area contributed by atoms with Crippen LogP contribution in [0.2, 0.25) is 5.02 Å². The summed E-state index contributed by atoms with van der Waals surface area (Å²) in [6.07, 6.45) is 1.38. The van der Waals surface area contributed by atoms with Gasteiger partial charge in [0.1, 0.15) is 30.4 Å². The lowest BCUT2D eigenvalue weighted by Gasteiger charge is -2.47. The Morgan fingerprint density at radius 3 is 1.94 bits per heavy atom. The Morgan fingerprint density at radius 2 is 1.43 bits per heavy atom. The summed E-state index contributed by atoms with van der Waals surface area (Å²) in [5, 5.41) is 34.3. The summed E-state index contributed by atoms with van der Waals surface area (Å²) in [5.74, 6) is -3.39. The average Bonchev–Trinajstić information content (AvgIpc) is 4.26. The molecule has 1 saturated carbocycles. The number of hydrogen-bond donors (Lipinski definition) is 5. The Morgan fingerprint density at radius 1 is 0.848 bits per heavy atom. The molecule has 3 heterocycles. The number of allylic oxidation sites excluding steroid dienone is 1.